The van der Waals surface area contributed by atoms with Gasteiger partial charge >= 0.3 is 0 Å². The van der Waals surface area contributed by atoms with Crippen LogP contribution in [-0.2, 0) is 17.7 Å². The Morgan fingerprint density at radius 3 is 2.74 bits per heavy atom. The lowest BCUT2D eigenvalue weighted by Gasteiger charge is -2.36. The van der Waals surface area contributed by atoms with Crippen LogP contribution < -0.4 is 5.32 Å². The smallest absolute Gasteiger partial charge is 0.194 e. The molecule has 6 nitrogen and oxygen atoms in total. The van der Waals surface area contributed by atoms with Crippen LogP contribution in [0.2, 0.25) is 0 Å². The minimum Gasteiger partial charge on any atom is -0.373 e. The van der Waals surface area contributed by atoms with Crippen molar-refractivity contribution < 1.29 is 4.74 Å². The van der Waals surface area contributed by atoms with Crippen molar-refractivity contribution in [2.75, 3.05) is 39.3 Å². The van der Waals surface area contributed by atoms with E-state index < -0.39 is 0 Å². The summed E-state index contributed by atoms with van der Waals surface area (Å²) in [6, 6.07) is 15.4. The predicted octanol–water partition coefficient (Wildman–Crippen LogP) is 3.10. The van der Waals surface area contributed by atoms with E-state index >= 15 is 0 Å². The summed E-state index contributed by atoms with van der Waals surface area (Å²) < 4.78 is 6.14. The molecule has 2 unspecified atom stereocenters. The average Bonchev–Trinajstić information content (AvgIpc) is 3.21. The second-order valence-electron chi connectivity index (χ2n) is 8.13. The number of rotatable bonds is 6. The number of aliphatic imine (C=N–C) groups is 1. The topological polar surface area (TPSA) is 53.0 Å². The van der Waals surface area contributed by atoms with Gasteiger partial charge in [-0.05, 0) is 37.5 Å². The maximum absolute atomic E-state index is 6.14. The van der Waals surface area contributed by atoms with Gasteiger partial charge in [-0.25, -0.2) is 0 Å². The molecule has 0 bridgehead atoms. The zero-order valence-electron chi connectivity index (χ0n) is 18.5. The van der Waals surface area contributed by atoms with Gasteiger partial charge in [0.25, 0.3) is 0 Å². The molecule has 0 spiro atoms. The highest BCUT2D eigenvalue weighted by Gasteiger charge is 2.41. The summed E-state index contributed by atoms with van der Waals surface area (Å²) in [7, 11) is 0. The standard InChI is InChI=1S/C24H33N5O.HI/c1-3-25-24(26-12-11-20-10-9-19(2)27-15-20)29-17-22-23(18-29)30-14-13-28(22)16-21-7-5-4-6-8-21;/h4-10,15,22-23H,3,11-14,16-18H2,1-2H3,(H,25,26);1H. The van der Waals surface area contributed by atoms with Gasteiger partial charge in [0.15, 0.2) is 5.96 Å². The van der Waals surface area contributed by atoms with Crippen LogP contribution in [0.4, 0.5) is 0 Å². The zero-order chi connectivity index (χ0) is 20.8. The highest BCUT2D eigenvalue weighted by atomic mass is 127. The molecule has 0 amide bonds. The first-order valence-electron chi connectivity index (χ1n) is 11.1. The van der Waals surface area contributed by atoms with Gasteiger partial charge in [0.2, 0.25) is 0 Å². The first-order valence-corrected chi connectivity index (χ1v) is 11.1. The lowest BCUT2D eigenvalue weighted by molar-refractivity contribution is -0.0502. The van der Waals surface area contributed by atoms with Crippen molar-refractivity contribution in [1.82, 2.24) is 20.1 Å². The molecule has 0 saturated carbocycles. The molecule has 2 aromatic rings. The normalized spacial score (nSPS) is 21.5. The van der Waals surface area contributed by atoms with Crippen LogP contribution >= 0.6 is 24.0 Å². The number of benzene rings is 1. The Labute approximate surface area is 203 Å². The number of nitrogens with zero attached hydrogens (tertiary/aromatic N) is 4. The van der Waals surface area contributed by atoms with Crippen LogP contribution in [-0.4, -0.2) is 72.2 Å². The van der Waals surface area contributed by atoms with E-state index in [1.54, 1.807) is 0 Å². The summed E-state index contributed by atoms with van der Waals surface area (Å²) >= 11 is 0. The molecule has 1 N–H and O–H groups in total. The van der Waals surface area contributed by atoms with Crippen molar-refractivity contribution in [3.05, 3.63) is 65.5 Å². The Morgan fingerprint density at radius 2 is 2.00 bits per heavy atom. The van der Waals surface area contributed by atoms with E-state index in [9.17, 15) is 0 Å². The highest BCUT2D eigenvalue weighted by Crippen LogP contribution is 2.24. The van der Waals surface area contributed by atoms with Gasteiger partial charge in [0.1, 0.15) is 0 Å². The lowest BCUT2D eigenvalue weighted by atomic mass is 10.1. The van der Waals surface area contributed by atoms with Crippen molar-refractivity contribution >= 4 is 29.9 Å². The van der Waals surface area contributed by atoms with E-state index in [4.69, 9.17) is 9.73 Å². The van der Waals surface area contributed by atoms with Crippen molar-refractivity contribution in [1.29, 1.82) is 0 Å². The third-order valence-corrected chi connectivity index (χ3v) is 5.91. The molecule has 3 heterocycles. The number of hydrogen-bond acceptors (Lipinski definition) is 4. The number of halogens is 1. The Morgan fingerprint density at radius 1 is 1.16 bits per heavy atom. The molecule has 168 valence electrons. The summed E-state index contributed by atoms with van der Waals surface area (Å²) in [6.07, 6.45) is 3.10. The number of pyridine rings is 1. The summed E-state index contributed by atoms with van der Waals surface area (Å²) in [4.78, 5) is 14.2. The molecular weight excluding hydrogens is 501 g/mol. The Hall–Kier alpha value is -1.71. The first-order chi connectivity index (χ1) is 14.7. The number of fused-ring (bicyclic) bond motifs is 1. The quantitative estimate of drug-likeness (QED) is 0.350. The van der Waals surface area contributed by atoms with Crippen LogP contribution in [0.1, 0.15) is 23.7 Å². The van der Waals surface area contributed by atoms with Gasteiger partial charge in [-0.1, -0.05) is 36.4 Å². The lowest BCUT2D eigenvalue weighted by Crippen LogP contribution is -2.50. The van der Waals surface area contributed by atoms with Gasteiger partial charge in [-0.15, -0.1) is 24.0 Å². The highest BCUT2D eigenvalue weighted by molar-refractivity contribution is 14.0. The fraction of sp³-hybridized carbons (Fsp3) is 0.500. The molecule has 1 aromatic carbocycles. The second-order valence-corrected chi connectivity index (χ2v) is 8.13. The molecule has 2 fully saturated rings. The number of guanidine groups is 1. The second kappa shape index (κ2) is 11.8. The molecular formula is C24H34IN5O. The molecule has 4 rings (SSSR count). The largest absolute Gasteiger partial charge is 0.373 e. The predicted molar refractivity (Wildman–Crippen MR) is 136 cm³/mol. The molecule has 2 aliphatic rings. The van der Waals surface area contributed by atoms with E-state index in [1.807, 2.05) is 13.1 Å². The van der Waals surface area contributed by atoms with Crippen molar-refractivity contribution in [3.63, 3.8) is 0 Å². The molecule has 7 heteroatoms. The number of ether oxygens (including phenoxy) is 1. The molecule has 0 radical (unpaired) electrons. The van der Waals surface area contributed by atoms with Gasteiger partial charge in [-0.2, -0.15) is 0 Å². The van der Waals surface area contributed by atoms with E-state index in [2.05, 4.69) is 69.5 Å². The number of aromatic nitrogens is 1. The monoisotopic (exact) mass is 535 g/mol. The fourth-order valence-corrected chi connectivity index (χ4v) is 4.31. The van der Waals surface area contributed by atoms with Gasteiger partial charge in [0.05, 0.1) is 18.8 Å². The molecule has 0 aliphatic carbocycles. The fourth-order valence-electron chi connectivity index (χ4n) is 4.31. The number of likely N-dealkylation sites (tertiary alicyclic amines) is 1. The van der Waals surface area contributed by atoms with Crippen LogP contribution in [0.15, 0.2) is 53.7 Å². The average molecular weight is 535 g/mol. The summed E-state index contributed by atoms with van der Waals surface area (Å²) in [5, 5.41) is 3.48. The van der Waals surface area contributed by atoms with Gasteiger partial charge in [0, 0.05) is 51.2 Å². The van der Waals surface area contributed by atoms with E-state index in [0.29, 0.717) is 6.04 Å². The van der Waals surface area contributed by atoms with E-state index in [-0.39, 0.29) is 30.1 Å². The number of aryl methyl sites for hydroxylation is 1. The first kappa shape index (κ1) is 23.9. The van der Waals surface area contributed by atoms with Crippen LogP contribution in [0.3, 0.4) is 0 Å². The summed E-state index contributed by atoms with van der Waals surface area (Å²) in [6.45, 7) is 10.4. The zero-order valence-corrected chi connectivity index (χ0v) is 20.9. The van der Waals surface area contributed by atoms with Crippen molar-refractivity contribution in [3.8, 4) is 0 Å². The summed E-state index contributed by atoms with van der Waals surface area (Å²) in [5.74, 6) is 0.996. The maximum atomic E-state index is 6.14. The molecule has 2 saturated heterocycles. The Balaban J connectivity index is 0.00000272. The van der Waals surface area contributed by atoms with Crippen molar-refractivity contribution in [2.24, 2.45) is 4.99 Å². The van der Waals surface area contributed by atoms with Crippen LogP contribution in [0.5, 0.6) is 0 Å². The number of nitrogens with one attached hydrogen (secondary N) is 1. The van der Waals surface area contributed by atoms with Gasteiger partial charge < -0.3 is 15.0 Å². The molecule has 2 aliphatic heterocycles. The Bertz CT molecular complexity index is 830. The van der Waals surface area contributed by atoms with Gasteiger partial charge in [-0.3, -0.25) is 14.9 Å². The number of morpholine rings is 1. The SMILES string of the molecule is CCNC(=NCCc1ccc(C)nc1)N1CC2OCCN(Cc3ccccc3)C2C1.I. The van der Waals surface area contributed by atoms with E-state index in [0.717, 1.165) is 63.9 Å². The number of hydrogen-bond donors (Lipinski definition) is 1. The van der Waals surface area contributed by atoms with E-state index in [1.165, 1.54) is 11.1 Å². The Kier molecular flexibility index (Phi) is 9.10. The van der Waals surface area contributed by atoms with Crippen LogP contribution in [0, 0.1) is 6.92 Å². The minimum absolute atomic E-state index is 0. The van der Waals surface area contributed by atoms with Crippen LogP contribution in [0.25, 0.3) is 0 Å². The van der Waals surface area contributed by atoms with Crippen molar-refractivity contribution in [2.45, 2.75) is 39.0 Å². The minimum atomic E-state index is 0. The third-order valence-electron chi connectivity index (χ3n) is 5.91. The molecule has 31 heavy (non-hydrogen) atoms. The summed E-state index contributed by atoms with van der Waals surface area (Å²) in [5.41, 5.74) is 3.65. The third kappa shape index (κ3) is 6.40. The maximum Gasteiger partial charge on any atom is 0.194 e. The molecule has 2 atom stereocenters. The molecule has 1 aromatic heterocycles.